The van der Waals surface area contributed by atoms with Gasteiger partial charge in [-0.15, -0.1) is 0 Å². The van der Waals surface area contributed by atoms with E-state index in [9.17, 15) is 0 Å². The zero-order valence-corrected chi connectivity index (χ0v) is 17.1. The maximum absolute atomic E-state index is 5.89. The molecule has 0 unspecified atom stereocenters. The molecule has 3 rings (SSSR count). The van der Waals surface area contributed by atoms with Crippen molar-refractivity contribution in [3.63, 3.8) is 0 Å². The Balaban J connectivity index is 1.52. The molecule has 0 bridgehead atoms. The molecule has 0 aliphatic rings. The van der Waals surface area contributed by atoms with Crippen molar-refractivity contribution in [2.75, 3.05) is 7.11 Å². The lowest BCUT2D eigenvalue weighted by Gasteiger charge is -2.13. The highest BCUT2D eigenvalue weighted by atomic mass is 16.5. The molecule has 0 saturated heterocycles. The van der Waals surface area contributed by atoms with Crippen molar-refractivity contribution < 1.29 is 14.2 Å². The minimum Gasteiger partial charge on any atom is -0.493 e. The van der Waals surface area contributed by atoms with Crippen molar-refractivity contribution >= 4 is 0 Å². The highest BCUT2D eigenvalue weighted by molar-refractivity contribution is 5.43. The van der Waals surface area contributed by atoms with Gasteiger partial charge in [-0.25, -0.2) is 4.98 Å². The molecule has 0 aliphatic carbocycles. The van der Waals surface area contributed by atoms with Gasteiger partial charge in [0.25, 0.3) is 0 Å². The average molecular weight is 393 g/mol. The Bertz CT molecular complexity index is 884. The number of hydrogen-bond acceptors (Lipinski definition) is 6. The van der Waals surface area contributed by atoms with Crippen molar-refractivity contribution in [2.24, 2.45) is 0 Å². The summed E-state index contributed by atoms with van der Waals surface area (Å²) >= 11 is 0. The van der Waals surface area contributed by atoms with Crippen LogP contribution in [0.3, 0.4) is 0 Å². The summed E-state index contributed by atoms with van der Waals surface area (Å²) in [4.78, 5) is 8.34. The summed E-state index contributed by atoms with van der Waals surface area (Å²) in [6.07, 6.45) is 5.47. The Morgan fingerprint density at radius 3 is 2.34 bits per heavy atom. The van der Waals surface area contributed by atoms with Gasteiger partial charge in [-0.05, 0) is 54.8 Å². The molecule has 0 amide bonds. The summed E-state index contributed by atoms with van der Waals surface area (Å²) in [6.45, 7) is 5.88. The molecule has 0 aliphatic heterocycles. The first kappa shape index (κ1) is 20.6. The Labute approximate surface area is 171 Å². The van der Waals surface area contributed by atoms with Gasteiger partial charge in [0.2, 0.25) is 5.88 Å². The maximum atomic E-state index is 5.89. The smallest absolute Gasteiger partial charge is 0.213 e. The van der Waals surface area contributed by atoms with E-state index >= 15 is 0 Å². The quantitative estimate of drug-likeness (QED) is 0.558. The molecule has 1 N–H and O–H groups in total. The number of nitrogens with zero attached hydrogens (tertiary/aromatic N) is 2. The van der Waals surface area contributed by atoms with Crippen LogP contribution in [-0.2, 0) is 19.7 Å². The molecule has 6 heteroatoms. The molecule has 0 spiro atoms. The Kier molecular flexibility index (Phi) is 7.41. The average Bonchev–Trinajstić information content (AvgIpc) is 2.74. The zero-order valence-electron chi connectivity index (χ0n) is 17.1. The number of pyridine rings is 2. The topological polar surface area (TPSA) is 65.5 Å². The predicted octanol–water partition coefficient (Wildman–Crippen LogP) is 4.14. The Morgan fingerprint density at radius 1 is 0.897 bits per heavy atom. The van der Waals surface area contributed by atoms with Crippen LogP contribution >= 0.6 is 0 Å². The standard InChI is InChI=1S/C23H27N3O3/c1-17(2)29-23-7-5-20(15-26-23)14-25-13-19-4-6-21(22(12-19)27-3)28-16-18-8-10-24-11-9-18/h4-12,15,17,25H,13-14,16H2,1-3H3. The van der Waals surface area contributed by atoms with Gasteiger partial charge in [0, 0.05) is 37.7 Å². The Morgan fingerprint density at radius 2 is 1.66 bits per heavy atom. The summed E-state index contributed by atoms with van der Waals surface area (Å²) < 4.78 is 17.0. The van der Waals surface area contributed by atoms with Gasteiger partial charge < -0.3 is 19.5 Å². The fourth-order valence-corrected chi connectivity index (χ4v) is 2.76. The first-order valence-corrected chi connectivity index (χ1v) is 9.65. The molecule has 0 radical (unpaired) electrons. The van der Waals surface area contributed by atoms with Gasteiger partial charge in [-0.3, -0.25) is 4.98 Å². The van der Waals surface area contributed by atoms with Crippen molar-refractivity contribution in [2.45, 2.75) is 39.6 Å². The molecule has 29 heavy (non-hydrogen) atoms. The summed E-state index contributed by atoms with van der Waals surface area (Å²) in [5.41, 5.74) is 3.28. The number of aromatic nitrogens is 2. The molecule has 2 heterocycles. The molecule has 6 nitrogen and oxygen atoms in total. The van der Waals surface area contributed by atoms with E-state index < -0.39 is 0 Å². The highest BCUT2D eigenvalue weighted by Gasteiger charge is 2.07. The minimum atomic E-state index is 0.123. The monoisotopic (exact) mass is 393 g/mol. The lowest BCUT2D eigenvalue weighted by Crippen LogP contribution is -2.13. The predicted molar refractivity (Wildman–Crippen MR) is 112 cm³/mol. The number of nitrogens with one attached hydrogen (secondary N) is 1. The Hall–Kier alpha value is -3.12. The molecule has 3 aromatic rings. The van der Waals surface area contributed by atoms with Crippen molar-refractivity contribution in [3.05, 3.63) is 77.7 Å². The van der Waals surface area contributed by atoms with Crippen LogP contribution in [0, 0.1) is 0 Å². The second-order valence-electron chi connectivity index (χ2n) is 6.90. The summed E-state index contributed by atoms with van der Waals surface area (Å²) in [5, 5.41) is 3.42. The van der Waals surface area contributed by atoms with E-state index in [1.807, 2.05) is 62.5 Å². The number of hydrogen-bond donors (Lipinski definition) is 1. The summed E-state index contributed by atoms with van der Waals surface area (Å²) in [6, 6.07) is 13.8. The summed E-state index contributed by atoms with van der Waals surface area (Å²) in [7, 11) is 1.65. The molecule has 0 atom stereocenters. The highest BCUT2D eigenvalue weighted by Crippen LogP contribution is 2.28. The van der Waals surface area contributed by atoms with Crippen molar-refractivity contribution in [1.29, 1.82) is 0 Å². The lowest BCUT2D eigenvalue weighted by atomic mass is 10.2. The third-order valence-corrected chi connectivity index (χ3v) is 4.18. The van der Waals surface area contributed by atoms with E-state index in [1.54, 1.807) is 19.5 Å². The second-order valence-corrected chi connectivity index (χ2v) is 6.90. The van der Waals surface area contributed by atoms with E-state index in [4.69, 9.17) is 14.2 Å². The van der Waals surface area contributed by atoms with Gasteiger partial charge in [-0.1, -0.05) is 12.1 Å². The van der Waals surface area contributed by atoms with Crippen molar-refractivity contribution in [1.82, 2.24) is 15.3 Å². The number of rotatable bonds is 10. The maximum Gasteiger partial charge on any atom is 0.213 e. The third kappa shape index (κ3) is 6.47. The van der Waals surface area contributed by atoms with Crippen molar-refractivity contribution in [3.8, 4) is 17.4 Å². The van der Waals surface area contributed by atoms with Crippen LogP contribution in [0.1, 0.15) is 30.5 Å². The number of benzene rings is 1. The summed E-state index contributed by atoms with van der Waals surface area (Å²) in [5.74, 6) is 2.09. The van der Waals surface area contributed by atoms with E-state index in [2.05, 4.69) is 15.3 Å². The van der Waals surface area contributed by atoms with E-state index in [0.717, 1.165) is 34.7 Å². The van der Waals surface area contributed by atoms with E-state index in [1.165, 1.54) is 0 Å². The van der Waals surface area contributed by atoms with Crippen LogP contribution in [0.4, 0.5) is 0 Å². The van der Waals surface area contributed by atoms with Crippen LogP contribution in [-0.4, -0.2) is 23.2 Å². The van der Waals surface area contributed by atoms with Gasteiger partial charge in [0.1, 0.15) is 6.61 Å². The molecular weight excluding hydrogens is 366 g/mol. The fraction of sp³-hybridized carbons (Fsp3) is 0.304. The fourth-order valence-electron chi connectivity index (χ4n) is 2.76. The molecule has 152 valence electrons. The van der Waals surface area contributed by atoms with Crippen LogP contribution in [0.2, 0.25) is 0 Å². The SMILES string of the molecule is COc1cc(CNCc2ccc(OC(C)C)nc2)ccc1OCc1ccncc1. The zero-order chi connectivity index (χ0) is 20.5. The lowest BCUT2D eigenvalue weighted by molar-refractivity contribution is 0.232. The van der Waals surface area contributed by atoms with Crippen LogP contribution in [0.5, 0.6) is 17.4 Å². The van der Waals surface area contributed by atoms with Gasteiger partial charge in [-0.2, -0.15) is 0 Å². The molecule has 0 fully saturated rings. The van der Waals surface area contributed by atoms with Crippen LogP contribution < -0.4 is 19.5 Å². The minimum absolute atomic E-state index is 0.123. The number of methoxy groups -OCH3 is 1. The van der Waals surface area contributed by atoms with Gasteiger partial charge >= 0.3 is 0 Å². The normalized spacial score (nSPS) is 10.8. The first-order valence-electron chi connectivity index (χ1n) is 9.65. The third-order valence-electron chi connectivity index (χ3n) is 4.18. The molecule has 1 aromatic carbocycles. The van der Waals surface area contributed by atoms with Gasteiger partial charge in [0.05, 0.1) is 13.2 Å². The first-order chi connectivity index (χ1) is 14.1. The molecule has 0 saturated carbocycles. The second kappa shape index (κ2) is 10.4. The largest absolute Gasteiger partial charge is 0.493 e. The van der Waals surface area contributed by atoms with E-state index in [0.29, 0.717) is 19.0 Å². The van der Waals surface area contributed by atoms with E-state index in [-0.39, 0.29) is 6.10 Å². The molecular formula is C23H27N3O3. The van der Waals surface area contributed by atoms with Crippen LogP contribution in [0.15, 0.2) is 61.1 Å². The van der Waals surface area contributed by atoms with Crippen LogP contribution in [0.25, 0.3) is 0 Å². The molecule has 2 aromatic heterocycles. The number of ether oxygens (including phenoxy) is 3. The van der Waals surface area contributed by atoms with Gasteiger partial charge in [0.15, 0.2) is 11.5 Å².